The first kappa shape index (κ1) is 17.8. The summed E-state index contributed by atoms with van der Waals surface area (Å²) in [6, 6.07) is 14.3. The minimum atomic E-state index is 0.144. The molecule has 0 radical (unpaired) electrons. The highest BCUT2D eigenvalue weighted by atomic mass is 32.2. The van der Waals surface area contributed by atoms with Crippen LogP contribution in [0, 0.1) is 0 Å². The standard InChI is InChI=1S/C19H21N3OS2/c1-3-22(13-16-10-7-11-24-16)18(23)14-25-19-20-12-17(21(19)2)15-8-5-4-6-9-15/h4-12H,3,13-14H2,1-2H3. The van der Waals surface area contributed by atoms with Gasteiger partial charge in [-0.05, 0) is 23.9 Å². The van der Waals surface area contributed by atoms with Crippen LogP contribution < -0.4 is 0 Å². The number of aromatic nitrogens is 2. The summed E-state index contributed by atoms with van der Waals surface area (Å²) in [5.41, 5.74) is 2.19. The van der Waals surface area contributed by atoms with Gasteiger partial charge >= 0.3 is 0 Å². The maximum atomic E-state index is 12.5. The molecule has 0 bridgehead atoms. The third-order valence-corrected chi connectivity index (χ3v) is 5.89. The average molecular weight is 372 g/mol. The summed E-state index contributed by atoms with van der Waals surface area (Å²) >= 11 is 3.18. The largest absolute Gasteiger partial charge is 0.337 e. The van der Waals surface area contributed by atoms with E-state index in [-0.39, 0.29) is 5.91 Å². The van der Waals surface area contributed by atoms with E-state index in [1.807, 2.05) is 59.3 Å². The highest BCUT2D eigenvalue weighted by molar-refractivity contribution is 7.99. The van der Waals surface area contributed by atoms with Gasteiger partial charge in [0.2, 0.25) is 5.91 Å². The van der Waals surface area contributed by atoms with Crippen LogP contribution in [0.1, 0.15) is 11.8 Å². The fourth-order valence-corrected chi connectivity index (χ4v) is 4.16. The Bertz CT molecular complexity index is 813. The van der Waals surface area contributed by atoms with Gasteiger partial charge in [-0.25, -0.2) is 4.98 Å². The van der Waals surface area contributed by atoms with E-state index in [0.717, 1.165) is 16.4 Å². The number of hydrogen-bond acceptors (Lipinski definition) is 4. The number of nitrogens with zero attached hydrogens (tertiary/aromatic N) is 3. The van der Waals surface area contributed by atoms with Crippen molar-refractivity contribution >= 4 is 29.0 Å². The summed E-state index contributed by atoms with van der Waals surface area (Å²) in [5, 5.41) is 2.90. The second-order valence-electron chi connectivity index (χ2n) is 5.63. The molecule has 4 nitrogen and oxygen atoms in total. The normalized spacial score (nSPS) is 10.8. The molecule has 0 saturated heterocycles. The van der Waals surface area contributed by atoms with Crippen LogP contribution in [0.25, 0.3) is 11.3 Å². The smallest absolute Gasteiger partial charge is 0.233 e. The SMILES string of the molecule is CCN(Cc1cccs1)C(=O)CSc1ncc(-c2ccccc2)n1C. The lowest BCUT2D eigenvalue weighted by Crippen LogP contribution is -2.31. The van der Waals surface area contributed by atoms with E-state index >= 15 is 0 Å². The molecule has 0 aliphatic carbocycles. The molecule has 0 fully saturated rings. The van der Waals surface area contributed by atoms with E-state index in [1.54, 1.807) is 11.3 Å². The summed E-state index contributed by atoms with van der Waals surface area (Å²) in [7, 11) is 1.99. The number of rotatable bonds is 7. The molecule has 0 unspecified atom stereocenters. The van der Waals surface area contributed by atoms with Crippen molar-refractivity contribution in [1.29, 1.82) is 0 Å². The lowest BCUT2D eigenvalue weighted by molar-refractivity contribution is -0.128. The van der Waals surface area contributed by atoms with Crippen molar-refractivity contribution in [2.75, 3.05) is 12.3 Å². The fraction of sp³-hybridized carbons (Fsp3) is 0.263. The molecule has 1 aromatic carbocycles. The predicted octanol–water partition coefficient (Wildman–Crippen LogP) is 4.29. The Morgan fingerprint density at radius 2 is 2.04 bits per heavy atom. The van der Waals surface area contributed by atoms with E-state index in [0.29, 0.717) is 18.8 Å². The van der Waals surface area contributed by atoms with Crippen molar-refractivity contribution in [3.63, 3.8) is 0 Å². The van der Waals surface area contributed by atoms with Crippen LogP contribution in [0.4, 0.5) is 0 Å². The van der Waals surface area contributed by atoms with Crippen LogP contribution in [0.2, 0.25) is 0 Å². The molecule has 3 aromatic rings. The Kier molecular flexibility index (Phi) is 5.94. The molecule has 0 saturated carbocycles. The number of imidazole rings is 1. The number of thiophene rings is 1. The zero-order valence-electron chi connectivity index (χ0n) is 14.4. The van der Waals surface area contributed by atoms with Crippen LogP contribution >= 0.6 is 23.1 Å². The first-order valence-electron chi connectivity index (χ1n) is 8.19. The molecular formula is C19H21N3OS2. The molecule has 0 N–H and O–H groups in total. The number of hydrogen-bond donors (Lipinski definition) is 0. The third kappa shape index (κ3) is 4.32. The topological polar surface area (TPSA) is 38.1 Å². The first-order chi connectivity index (χ1) is 12.2. The molecule has 0 aliphatic rings. The highest BCUT2D eigenvalue weighted by Gasteiger charge is 2.15. The predicted molar refractivity (Wildman–Crippen MR) is 105 cm³/mol. The molecule has 3 rings (SSSR count). The van der Waals surface area contributed by atoms with Crippen LogP contribution in [-0.2, 0) is 18.4 Å². The summed E-state index contributed by atoms with van der Waals surface area (Å²) in [5.74, 6) is 0.545. The Balaban J connectivity index is 1.63. The van der Waals surface area contributed by atoms with E-state index in [9.17, 15) is 4.79 Å². The van der Waals surface area contributed by atoms with Gasteiger partial charge in [0.15, 0.2) is 5.16 Å². The van der Waals surface area contributed by atoms with Gasteiger partial charge < -0.3 is 9.47 Å². The number of carbonyl (C=O) groups excluding carboxylic acids is 1. The summed E-state index contributed by atoms with van der Waals surface area (Å²) < 4.78 is 2.04. The first-order valence-corrected chi connectivity index (χ1v) is 10.1. The molecule has 0 aliphatic heterocycles. The second kappa shape index (κ2) is 8.36. The van der Waals surface area contributed by atoms with E-state index in [2.05, 4.69) is 23.2 Å². The fourth-order valence-electron chi connectivity index (χ4n) is 2.59. The van der Waals surface area contributed by atoms with Crippen molar-refractivity contribution in [2.45, 2.75) is 18.6 Å². The van der Waals surface area contributed by atoms with Crippen molar-refractivity contribution in [3.05, 3.63) is 58.9 Å². The zero-order chi connectivity index (χ0) is 17.6. The van der Waals surface area contributed by atoms with Crippen LogP contribution in [0.15, 0.2) is 59.2 Å². The van der Waals surface area contributed by atoms with E-state index < -0.39 is 0 Å². The number of benzene rings is 1. The lowest BCUT2D eigenvalue weighted by Gasteiger charge is -2.19. The molecule has 0 atom stereocenters. The number of amides is 1. The minimum absolute atomic E-state index is 0.144. The quantitative estimate of drug-likeness (QED) is 0.582. The Labute approximate surface area is 156 Å². The monoisotopic (exact) mass is 371 g/mol. The van der Waals surface area contributed by atoms with Crippen molar-refractivity contribution in [3.8, 4) is 11.3 Å². The van der Waals surface area contributed by atoms with Crippen LogP contribution in [0.5, 0.6) is 0 Å². The lowest BCUT2D eigenvalue weighted by atomic mass is 10.2. The van der Waals surface area contributed by atoms with E-state index in [1.165, 1.54) is 16.6 Å². The molecule has 0 spiro atoms. The Morgan fingerprint density at radius 3 is 2.72 bits per heavy atom. The Morgan fingerprint density at radius 1 is 1.24 bits per heavy atom. The van der Waals surface area contributed by atoms with Crippen molar-refractivity contribution in [2.24, 2.45) is 7.05 Å². The van der Waals surface area contributed by atoms with Gasteiger partial charge in [0.25, 0.3) is 0 Å². The van der Waals surface area contributed by atoms with Gasteiger partial charge in [0.05, 0.1) is 24.2 Å². The van der Waals surface area contributed by atoms with Gasteiger partial charge in [-0.3, -0.25) is 4.79 Å². The van der Waals surface area contributed by atoms with E-state index in [4.69, 9.17) is 0 Å². The molecule has 25 heavy (non-hydrogen) atoms. The summed E-state index contributed by atoms with van der Waals surface area (Å²) in [4.78, 5) is 20.1. The van der Waals surface area contributed by atoms with Crippen molar-refractivity contribution in [1.82, 2.24) is 14.5 Å². The second-order valence-corrected chi connectivity index (χ2v) is 7.60. The summed E-state index contributed by atoms with van der Waals surface area (Å²) in [6.45, 7) is 3.42. The van der Waals surface area contributed by atoms with Gasteiger partial charge in [0.1, 0.15) is 0 Å². The van der Waals surface area contributed by atoms with Gasteiger partial charge in [-0.15, -0.1) is 11.3 Å². The zero-order valence-corrected chi connectivity index (χ0v) is 16.0. The molecule has 6 heteroatoms. The maximum absolute atomic E-state index is 12.5. The molecular weight excluding hydrogens is 350 g/mol. The van der Waals surface area contributed by atoms with Gasteiger partial charge in [0, 0.05) is 18.5 Å². The molecule has 2 heterocycles. The number of carbonyl (C=O) groups is 1. The minimum Gasteiger partial charge on any atom is -0.337 e. The third-order valence-electron chi connectivity index (χ3n) is 4.00. The molecule has 130 valence electrons. The van der Waals surface area contributed by atoms with Gasteiger partial charge in [-0.2, -0.15) is 0 Å². The molecule has 2 aromatic heterocycles. The van der Waals surface area contributed by atoms with Crippen LogP contribution in [0.3, 0.4) is 0 Å². The average Bonchev–Trinajstić information content (AvgIpc) is 3.28. The van der Waals surface area contributed by atoms with Crippen LogP contribution in [-0.4, -0.2) is 32.7 Å². The Hall–Kier alpha value is -2.05. The molecule has 1 amide bonds. The van der Waals surface area contributed by atoms with Gasteiger partial charge in [-0.1, -0.05) is 48.2 Å². The van der Waals surface area contributed by atoms with Crippen molar-refractivity contribution < 1.29 is 4.79 Å². The maximum Gasteiger partial charge on any atom is 0.233 e. The number of thioether (sulfide) groups is 1. The highest BCUT2D eigenvalue weighted by Crippen LogP contribution is 2.25. The summed E-state index contributed by atoms with van der Waals surface area (Å²) in [6.07, 6.45) is 1.87.